The molecule has 1 N–H and O–H groups in total. The molecule has 0 spiro atoms. The average Bonchev–Trinajstić information content (AvgIpc) is 3.58. The SMILES string of the molecule is COC(=O)N1c2ccc3c(nc(C4(Oc5ccccc5)CC4)n3C3CCC(C(=O)O)CC3)c2CCC1C. The predicted molar refractivity (Wildman–Crippen MR) is 139 cm³/mol. The minimum absolute atomic E-state index is 0.0430. The minimum Gasteiger partial charge on any atom is -0.481 e. The fraction of sp³-hybridized carbons (Fsp3) is 0.483. The maximum absolute atomic E-state index is 12.7. The monoisotopic (exact) mass is 503 g/mol. The first-order valence-corrected chi connectivity index (χ1v) is 13.3. The average molecular weight is 504 g/mol. The molecule has 3 aliphatic rings. The van der Waals surface area contributed by atoms with Crippen LogP contribution >= 0.6 is 0 Å². The van der Waals surface area contributed by atoms with Crippen LogP contribution < -0.4 is 9.64 Å². The highest BCUT2D eigenvalue weighted by Crippen LogP contribution is 2.52. The second kappa shape index (κ2) is 9.08. The lowest BCUT2D eigenvalue weighted by molar-refractivity contribution is -0.143. The van der Waals surface area contributed by atoms with Crippen LogP contribution in [-0.4, -0.2) is 39.9 Å². The van der Waals surface area contributed by atoms with E-state index in [1.54, 1.807) is 4.90 Å². The van der Waals surface area contributed by atoms with Gasteiger partial charge in [0.2, 0.25) is 0 Å². The number of ether oxygens (including phenoxy) is 2. The molecular formula is C29H33N3O5. The third-order valence-corrected chi connectivity index (χ3v) is 8.41. The van der Waals surface area contributed by atoms with Crippen molar-refractivity contribution in [2.24, 2.45) is 5.92 Å². The van der Waals surface area contributed by atoms with Crippen molar-refractivity contribution in [1.29, 1.82) is 0 Å². The molecule has 2 heterocycles. The van der Waals surface area contributed by atoms with Gasteiger partial charge in [-0.1, -0.05) is 18.2 Å². The quantitative estimate of drug-likeness (QED) is 0.471. The zero-order valence-electron chi connectivity index (χ0n) is 21.4. The first kappa shape index (κ1) is 23.8. The summed E-state index contributed by atoms with van der Waals surface area (Å²) in [7, 11) is 1.42. The molecule has 1 atom stereocenters. The van der Waals surface area contributed by atoms with Crippen molar-refractivity contribution in [1.82, 2.24) is 9.55 Å². The second-order valence-electron chi connectivity index (χ2n) is 10.7. The van der Waals surface area contributed by atoms with Crippen molar-refractivity contribution in [3.05, 3.63) is 53.9 Å². The Hall–Kier alpha value is -3.55. The van der Waals surface area contributed by atoms with E-state index in [0.29, 0.717) is 12.8 Å². The summed E-state index contributed by atoms with van der Waals surface area (Å²) in [5, 5.41) is 9.55. The standard InChI is InChI=1S/C29H33N3O5/c1-18-8-13-22-23(31(18)28(35)36-2)14-15-24-25(22)30-27(29(16-17-29)37-21-6-4-3-5-7-21)32(24)20-11-9-19(10-12-20)26(33)34/h3-7,14-15,18-20H,8-13,16-17H2,1-2H3,(H,33,34). The van der Waals surface area contributed by atoms with Gasteiger partial charge in [0.25, 0.3) is 0 Å². The smallest absolute Gasteiger partial charge is 0.414 e. The molecule has 3 aromatic rings. The fourth-order valence-corrected chi connectivity index (χ4v) is 6.25. The van der Waals surface area contributed by atoms with Crippen LogP contribution in [0.15, 0.2) is 42.5 Å². The number of hydrogen-bond acceptors (Lipinski definition) is 5. The number of carbonyl (C=O) groups excluding carboxylic acids is 1. The number of anilines is 1. The minimum atomic E-state index is -0.702. The number of benzene rings is 2. The molecule has 8 heteroatoms. The zero-order chi connectivity index (χ0) is 25.7. The van der Waals surface area contributed by atoms with E-state index in [1.165, 1.54) is 7.11 Å². The number of aromatic nitrogens is 2. The Morgan fingerprint density at radius 1 is 1.03 bits per heavy atom. The largest absolute Gasteiger partial charge is 0.481 e. The zero-order valence-corrected chi connectivity index (χ0v) is 21.4. The Morgan fingerprint density at radius 2 is 1.76 bits per heavy atom. The summed E-state index contributed by atoms with van der Waals surface area (Å²) in [5.41, 5.74) is 3.38. The summed E-state index contributed by atoms with van der Waals surface area (Å²) in [6, 6.07) is 14.2. The summed E-state index contributed by atoms with van der Waals surface area (Å²) < 4.78 is 14.0. The summed E-state index contributed by atoms with van der Waals surface area (Å²) in [6.45, 7) is 2.04. The molecule has 37 heavy (non-hydrogen) atoms. The highest BCUT2D eigenvalue weighted by Gasteiger charge is 2.52. The molecule has 2 fully saturated rings. The van der Waals surface area contributed by atoms with Crippen molar-refractivity contribution >= 4 is 28.8 Å². The van der Waals surface area contributed by atoms with Crippen LogP contribution in [0.4, 0.5) is 10.5 Å². The number of aryl methyl sites for hydroxylation is 1. The Bertz CT molecular complexity index is 1340. The van der Waals surface area contributed by atoms with E-state index in [9.17, 15) is 14.7 Å². The number of nitrogens with zero attached hydrogens (tertiary/aromatic N) is 3. The third-order valence-electron chi connectivity index (χ3n) is 8.41. The van der Waals surface area contributed by atoms with Crippen LogP contribution in [0.5, 0.6) is 5.75 Å². The molecule has 6 rings (SSSR count). The van der Waals surface area contributed by atoms with Crippen molar-refractivity contribution < 1.29 is 24.2 Å². The van der Waals surface area contributed by atoms with Gasteiger partial charge in [-0.3, -0.25) is 9.69 Å². The highest BCUT2D eigenvalue weighted by molar-refractivity contribution is 5.95. The molecule has 0 bridgehead atoms. The van der Waals surface area contributed by atoms with Gasteiger partial charge in [0.05, 0.1) is 29.7 Å². The molecule has 2 aromatic carbocycles. The number of rotatable bonds is 5. The molecule has 2 aliphatic carbocycles. The Balaban J connectivity index is 1.48. The summed E-state index contributed by atoms with van der Waals surface area (Å²) in [6.07, 6.45) is 5.96. The normalized spacial score (nSPS) is 24.4. The van der Waals surface area contributed by atoms with Crippen molar-refractivity contribution in [3.8, 4) is 5.75 Å². The number of para-hydroxylation sites is 1. The molecule has 1 aliphatic heterocycles. The molecule has 1 aromatic heterocycles. The second-order valence-corrected chi connectivity index (χ2v) is 10.7. The van der Waals surface area contributed by atoms with Gasteiger partial charge in [-0.2, -0.15) is 0 Å². The Labute approximate surface area is 216 Å². The lowest BCUT2D eigenvalue weighted by atomic mass is 9.85. The number of carboxylic acid groups (broad SMARTS) is 1. The summed E-state index contributed by atoms with van der Waals surface area (Å²) in [5.74, 6) is 0.752. The van der Waals surface area contributed by atoms with Crippen LogP contribution in [0.2, 0.25) is 0 Å². The van der Waals surface area contributed by atoms with Crippen LogP contribution in [-0.2, 0) is 21.6 Å². The van der Waals surface area contributed by atoms with E-state index in [-0.39, 0.29) is 24.1 Å². The number of fused-ring (bicyclic) bond motifs is 3. The van der Waals surface area contributed by atoms with Crippen molar-refractivity contribution in [2.45, 2.75) is 76.0 Å². The highest BCUT2D eigenvalue weighted by atomic mass is 16.5. The van der Waals surface area contributed by atoms with E-state index in [0.717, 1.165) is 72.4 Å². The number of amides is 1. The lowest BCUT2D eigenvalue weighted by Crippen LogP contribution is -2.42. The van der Waals surface area contributed by atoms with Crippen LogP contribution in [0, 0.1) is 5.92 Å². The van der Waals surface area contributed by atoms with Crippen molar-refractivity contribution in [3.63, 3.8) is 0 Å². The van der Waals surface area contributed by atoms with Gasteiger partial charge in [0.1, 0.15) is 5.75 Å². The molecule has 0 saturated heterocycles. The van der Waals surface area contributed by atoms with E-state index in [2.05, 4.69) is 10.6 Å². The van der Waals surface area contributed by atoms with Gasteiger partial charge < -0.3 is 19.1 Å². The molecule has 1 amide bonds. The van der Waals surface area contributed by atoms with Crippen molar-refractivity contribution in [2.75, 3.05) is 12.0 Å². The summed E-state index contributed by atoms with van der Waals surface area (Å²) in [4.78, 5) is 31.3. The molecule has 194 valence electrons. The van der Waals surface area contributed by atoms with E-state index >= 15 is 0 Å². The fourth-order valence-electron chi connectivity index (χ4n) is 6.25. The molecule has 0 radical (unpaired) electrons. The first-order chi connectivity index (χ1) is 17.9. The van der Waals surface area contributed by atoms with E-state index in [4.69, 9.17) is 14.5 Å². The van der Waals surface area contributed by atoms with Crippen LogP contribution in [0.25, 0.3) is 11.0 Å². The number of aliphatic carboxylic acids is 1. The van der Waals surface area contributed by atoms with Gasteiger partial charge in [0, 0.05) is 17.6 Å². The third kappa shape index (κ3) is 4.03. The maximum Gasteiger partial charge on any atom is 0.414 e. The van der Waals surface area contributed by atoms with Gasteiger partial charge in [0.15, 0.2) is 11.4 Å². The van der Waals surface area contributed by atoms with Crippen LogP contribution in [0.1, 0.15) is 69.3 Å². The first-order valence-electron chi connectivity index (χ1n) is 13.3. The molecule has 8 nitrogen and oxygen atoms in total. The maximum atomic E-state index is 12.7. The number of methoxy groups -OCH3 is 1. The number of carboxylic acids is 1. The van der Waals surface area contributed by atoms with E-state index in [1.807, 2.05) is 43.3 Å². The molecule has 2 saturated carbocycles. The predicted octanol–water partition coefficient (Wildman–Crippen LogP) is 5.83. The molecular weight excluding hydrogens is 470 g/mol. The Morgan fingerprint density at radius 3 is 2.41 bits per heavy atom. The van der Waals surface area contributed by atoms with Gasteiger partial charge in [-0.25, -0.2) is 9.78 Å². The summed E-state index contributed by atoms with van der Waals surface area (Å²) >= 11 is 0. The lowest BCUT2D eigenvalue weighted by Gasteiger charge is -2.34. The number of carbonyl (C=O) groups is 2. The van der Waals surface area contributed by atoms with Gasteiger partial charge >= 0.3 is 12.1 Å². The van der Waals surface area contributed by atoms with Crippen LogP contribution in [0.3, 0.4) is 0 Å². The topological polar surface area (TPSA) is 93.9 Å². The van der Waals surface area contributed by atoms with Gasteiger partial charge in [-0.15, -0.1) is 0 Å². The Kier molecular flexibility index (Phi) is 5.85. The molecule has 1 unspecified atom stereocenters. The van der Waals surface area contributed by atoms with Gasteiger partial charge in [-0.05, 0) is 82.6 Å². The number of hydrogen-bond donors (Lipinski definition) is 1. The van der Waals surface area contributed by atoms with E-state index < -0.39 is 11.6 Å². The number of imidazole rings is 1.